The first kappa shape index (κ1) is 17.5. The molecule has 1 amide bonds. The molecule has 0 bridgehead atoms. The van der Waals surface area contributed by atoms with E-state index in [9.17, 15) is 9.18 Å². The molecule has 0 aliphatic rings. The van der Waals surface area contributed by atoms with Gasteiger partial charge in [0.25, 0.3) is 5.91 Å². The molecule has 0 N–H and O–H groups in total. The first-order valence-corrected chi connectivity index (χ1v) is 8.77. The monoisotopic (exact) mass is 358 g/mol. The summed E-state index contributed by atoms with van der Waals surface area (Å²) in [5.74, 6) is -0.445. The van der Waals surface area contributed by atoms with Crippen LogP contribution in [0.5, 0.6) is 0 Å². The summed E-state index contributed by atoms with van der Waals surface area (Å²) in [6.07, 6.45) is 2.41. The van der Waals surface area contributed by atoms with Gasteiger partial charge >= 0.3 is 0 Å². The molecule has 130 valence electrons. The summed E-state index contributed by atoms with van der Waals surface area (Å²) in [5, 5.41) is 0.482. The number of benzene rings is 1. The molecule has 0 spiro atoms. The Labute approximate surface area is 149 Å². The average Bonchev–Trinajstić information content (AvgIpc) is 3.00. The van der Waals surface area contributed by atoms with Crippen LogP contribution in [0, 0.1) is 5.82 Å². The van der Waals surface area contributed by atoms with Gasteiger partial charge in [-0.1, -0.05) is 12.1 Å². The first-order chi connectivity index (χ1) is 12.1. The molecule has 25 heavy (non-hydrogen) atoms. The van der Waals surface area contributed by atoms with E-state index < -0.39 is 0 Å². The topological polar surface area (TPSA) is 42.4 Å². The van der Waals surface area contributed by atoms with E-state index in [0.717, 1.165) is 10.4 Å². The average molecular weight is 358 g/mol. The van der Waals surface area contributed by atoms with Crippen molar-refractivity contribution in [3.63, 3.8) is 0 Å². The van der Waals surface area contributed by atoms with E-state index in [1.54, 1.807) is 31.3 Å². The van der Waals surface area contributed by atoms with Crippen LogP contribution in [0.25, 0.3) is 10.1 Å². The summed E-state index contributed by atoms with van der Waals surface area (Å²) in [7, 11) is 3.30. The van der Waals surface area contributed by atoms with Crippen LogP contribution in [0.15, 0.2) is 42.6 Å². The van der Waals surface area contributed by atoms with Crippen molar-refractivity contribution in [2.24, 2.45) is 0 Å². The molecule has 0 saturated heterocycles. The largest absolute Gasteiger partial charge is 0.380 e. The number of halogens is 1. The van der Waals surface area contributed by atoms with Crippen molar-refractivity contribution < 1.29 is 13.9 Å². The van der Waals surface area contributed by atoms with Crippen LogP contribution in [-0.2, 0) is 17.8 Å². The lowest BCUT2D eigenvalue weighted by Gasteiger charge is -2.17. The predicted molar refractivity (Wildman–Crippen MR) is 97.4 cm³/mol. The van der Waals surface area contributed by atoms with Crippen LogP contribution in [0.4, 0.5) is 4.39 Å². The minimum Gasteiger partial charge on any atom is -0.380 e. The summed E-state index contributed by atoms with van der Waals surface area (Å²) in [6.45, 7) is 0.745. The summed E-state index contributed by atoms with van der Waals surface area (Å²) in [6, 6.07) is 10.6. The van der Waals surface area contributed by atoms with E-state index in [2.05, 4.69) is 4.98 Å². The quantitative estimate of drug-likeness (QED) is 0.671. The minimum atomic E-state index is -0.323. The molecule has 2 aromatic heterocycles. The number of amides is 1. The standard InChI is InChI=1S/C19H19FN2O2S/c1-22(11-9-13-6-3-4-10-21-13)19(23)18-14(12-24-2)17-15(20)7-5-8-16(17)25-18/h3-8,10H,9,11-12H2,1-2H3. The van der Waals surface area contributed by atoms with Crippen molar-refractivity contribution >= 4 is 27.3 Å². The number of nitrogens with zero attached hydrogens (tertiary/aromatic N) is 2. The number of ether oxygens (including phenoxy) is 1. The highest BCUT2D eigenvalue weighted by Gasteiger charge is 2.23. The minimum absolute atomic E-state index is 0.122. The highest BCUT2D eigenvalue weighted by molar-refractivity contribution is 7.21. The molecule has 6 heteroatoms. The fraction of sp³-hybridized carbons (Fsp3) is 0.263. The Hall–Kier alpha value is -2.31. The summed E-state index contributed by atoms with van der Waals surface area (Å²) in [4.78, 5) is 19.3. The van der Waals surface area contributed by atoms with Crippen molar-refractivity contribution in [3.8, 4) is 0 Å². The Morgan fingerprint density at radius 3 is 2.84 bits per heavy atom. The van der Waals surface area contributed by atoms with Gasteiger partial charge in [0.05, 0.1) is 11.5 Å². The Morgan fingerprint density at radius 2 is 2.12 bits per heavy atom. The second-order valence-corrected chi connectivity index (χ2v) is 6.81. The Bertz CT molecular complexity index is 880. The summed E-state index contributed by atoms with van der Waals surface area (Å²) >= 11 is 1.31. The Morgan fingerprint density at radius 1 is 1.28 bits per heavy atom. The van der Waals surface area contributed by atoms with Gasteiger partial charge in [-0.15, -0.1) is 11.3 Å². The summed E-state index contributed by atoms with van der Waals surface area (Å²) < 4.78 is 20.2. The van der Waals surface area contributed by atoms with Crippen LogP contribution in [-0.4, -0.2) is 36.5 Å². The van der Waals surface area contributed by atoms with Crippen LogP contribution >= 0.6 is 11.3 Å². The van der Waals surface area contributed by atoms with Gasteiger partial charge in [-0.25, -0.2) is 4.39 Å². The van der Waals surface area contributed by atoms with Gasteiger partial charge in [0.15, 0.2) is 0 Å². The van der Waals surface area contributed by atoms with Gasteiger partial charge in [0.2, 0.25) is 0 Å². The smallest absolute Gasteiger partial charge is 0.264 e. The molecule has 4 nitrogen and oxygen atoms in total. The number of thiophene rings is 1. The van der Waals surface area contributed by atoms with Crippen LogP contribution in [0.3, 0.4) is 0 Å². The zero-order valence-electron chi connectivity index (χ0n) is 14.2. The molecule has 0 atom stereocenters. The number of methoxy groups -OCH3 is 1. The number of carbonyl (C=O) groups is 1. The second-order valence-electron chi connectivity index (χ2n) is 5.75. The fourth-order valence-electron chi connectivity index (χ4n) is 2.73. The molecular weight excluding hydrogens is 339 g/mol. The van der Waals surface area contributed by atoms with Gasteiger partial charge in [-0.05, 0) is 24.3 Å². The number of pyridine rings is 1. The van der Waals surface area contributed by atoms with Crippen LogP contribution < -0.4 is 0 Å². The van der Waals surface area contributed by atoms with Gasteiger partial charge < -0.3 is 9.64 Å². The van der Waals surface area contributed by atoms with Crippen LogP contribution in [0.2, 0.25) is 0 Å². The van der Waals surface area contributed by atoms with Gasteiger partial charge in [0, 0.05) is 54.7 Å². The molecule has 0 saturated carbocycles. The predicted octanol–water partition coefficient (Wildman–Crippen LogP) is 3.90. The third kappa shape index (κ3) is 3.70. The number of aromatic nitrogens is 1. The second kappa shape index (κ2) is 7.72. The molecule has 0 fully saturated rings. The van der Waals surface area contributed by atoms with E-state index in [-0.39, 0.29) is 18.3 Å². The molecule has 0 aliphatic carbocycles. The molecule has 0 aliphatic heterocycles. The molecule has 2 heterocycles. The first-order valence-electron chi connectivity index (χ1n) is 7.96. The van der Waals surface area contributed by atoms with Gasteiger partial charge in [-0.2, -0.15) is 0 Å². The van der Waals surface area contributed by atoms with E-state index in [1.807, 2.05) is 24.3 Å². The van der Waals surface area contributed by atoms with Crippen molar-refractivity contribution in [2.45, 2.75) is 13.0 Å². The maximum atomic E-state index is 14.2. The van der Waals surface area contributed by atoms with Crippen molar-refractivity contribution in [1.82, 2.24) is 9.88 Å². The number of carbonyl (C=O) groups excluding carboxylic acids is 1. The van der Waals surface area contributed by atoms with E-state index in [4.69, 9.17) is 4.74 Å². The van der Waals surface area contributed by atoms with Crippen molar-refractivity contribution in [3.05, 3.63) is 64.5 Å². The zero-order chi connectivity index (χ0) is 17.8. The molecular formula is C19H19FN2O2S. The lowest BCUT2D eigenvalue weighted by molar-refractivity contribution is 0.0797. The third-order valence-corrected chi connectivity index (χ3v) is 5.21. The maximum absolute atomic E-state index is 14.2. The van der Waals surface area contributed by atoms with Gasteiger partial charge in [0.1, 0.15) is 5.82 Å². The van der Waals surface area contributed by atoms with Crippen molar-refractivity contribution in [1.29, 1.82) is 0 Å². The summed E-state index contributed by atoms with van der Waals surface area (Å²) in [5.41, 5.74) is 1.55. The molecule has 1 aromatic carbocycles. The molecule has 3 aromatic rings. The highest BCUT2D eigenvalue weighted by Crippen LogP contribution is 2.34. The van der Waals surface area contributed by atoms with Gasteiger partial charge in [-0.3, -0.25) is 9.78 Å². The SMILES string of the molecule is COCc1c(C(=O)N(C)CCc2ccccn2)sc2cccc(F)c12. The number of fused-ring (bicyclic) bond motifs is 1. The number of likely N-dealkylation sites (N-methyl/N-ethyl adjacent to an activating group) is 1. The fourth-order valence-corrected chi connectivity index (χ4v) is 3.94. The number of rotatable bonds is 6. The Kier molecular flexibility index (Phi) is 5.40. The van der Waals surface area contributed by atoms with Crippen molar-refractivity contribution in [2.75, 3.05) is 20.7 Å². The van der Waals surface area contributed by atoms with E-state index >= 15 is 0 Å². The molecule has 3 rings (SSSR count). The normalized spacial score (nSPS) is 11.0. The number of hydrogen-bond acceptors (Lipinski definition) is 4. The maximum Gasteiger partial charge on any atom is 0.264 e. The molecule has 0 unspecified atom stereocenters. The lowest BCUT2D eigenvalue weighted by Crippen LogP contribution is -2.29. The van der Waals surface area contributed by atoms with E-state index in [1.165, 1.54) is 17.4 Å². The highest BCUT2D eigenvalue weighted by atomic mass is 32.1. The van der Waals surface area contributed by atoms with Crippen LogP contribution in [0.1, 0.15) is 20.9 Å². The number of hydrogen-bond donors (Lipinski definition) is 0. The Balaban J connectivity index is 1.85. The lowest BCUT2D eigenvalue weighted by atomic mass is 10.1. The van der Waals surface area contributed by atoms with E-state index in [0.29, 0.717) is 28.8 Å². The third-order valence-electron chi connectivity index (χ3n) is 4.02. The molecule has 0 radical (unpaired) electrons. The zero-order valence-corrected chi connectivity index (χ0v) is 15.0.